The van der Waals surface area contributed by atoms with Gasteiger partial charge in [0.2, 0.25) is 5.91 Å². The zero-order valence-corrected chi connectivity index (χ0v) is 15.6. The quantitative estimate of drug-likeness (QED) is 0.534. The molecule has 3 aromatic rings. The van der Waals surface area contributed by atoms with E-state index in [1.54, 1.807) is 36.4 Å². The minimum absolute atomic E-state index is 0.0820. The molecule has 0 fully saturated rings. The summed E-state index contributed by atoms with van der Waals surface area (Å²) in [7, 11) is 0. The first-order chi connectivity index (χ1) is 13.9. The first-order valence-corrected chi connectivity index (χ1v) is 9.18. The van der Waals surface area contributed by atoms with Crippen molar-refractivity contribution in [2.75, 3.05) is 0 Å². The summed E-state index contributed by atoms with van der Waals surface area (Å²) in [5.41, 5.74) is 1.13. The Balaban J connectivity index is 1.55. The molecule has 3 rings (SSSR count). The average Bonchev–Trinajstić information content (AvgIpc) is 2.71. The monoisotopic (exact) mass is 395 g/mol. The highest BCUT2D eigenvalue weighted by molar-refractivity contribution is 5.83. The van der Waals surface area contributed by atoms with Gasteiger partial charge in [-0.2, -0.15) is 0 Å². The molecule has 0 unspecified atom stereocenters. The van der Waals surface area contributed by atoms with E-state index < -0.39 is 17.9 Å². The van der Waals surface area contributed by atoms with Gasteiger partial charge < -0.3 is 15.5 Å². The number of carboxylic acid groups (broad SMARTS) is 1. The predicted molar refractivity (Wildman–Crippen MR) is 107 cm³/mol. The second-order valence-corrected chi connectivity index (χ2v) is 6.69. The highest BCUT2D eigenvalue weighted by Gasteiger charge is 2.20. The standard InChI is InChI=1S/C21H21N3O5/c25-15-9-7-14(8-10-15)12-18(21(28)29)23-19(26)6-3-11-24-13-22-17-5-2-1-4-16(17)20(24)27/h1-2,4-5,7-10,13,18,25H,3,6,11-12H2,(H,23,26)(H,28,29)/t18-/m1/s1. The number of rotatable bonds is 8. The van der Waals surface area contributed by atoms with Crippen LogP contribution in [0.4, 0.5) is 0 Å². The van der Waals surface area contributed by atoms with E-state index in [0.717, 1.165) is 0 Å². The number of fused-ring (bicyclic) bond motifs is 1. The number of aromatic hydroxyl groups is 1. The molecule has 8 nitrogen and oxygen atoms in total. The Morgan fingerprint density at radius 2 is 1.83 bits per heavy atom. The van der Waals surface area contributed by atoms with E-state index in [2.05, 4.69) is 10.3 Å². The van der Waals surface area contributed by atoms with E-state index in [1.165, 1.54) is 23.0 Å². The molecule has 0 aliphatic carbocycles. The third kappa shape index (κ3) is 5.19. The Labute approximate surface area is 166 Å². The van der Waals surface area contributed by atoms with Gasteiger partial charge in [-0.25, -0.2) is 9.78 Å². The topological polar surface area (TPSA) is 122 Å². The van der Waals surface area contributed by atoms with Crippen LogP contribution in [0.1, 0.15) is 18.4 Å². The Kier molecular flexibility index (Phi) is 6.23. The van der Waals surface area contributed by atoms with Crippen LogP contribution in [0.2, 0.25) is 0 Å². The summed E-state index contributed by atoms with van der Waals surface area (Å²) in [6, 6.07) is 12.1. The summed E-state index contributed by atoms with van der Waals surface area (Å²) in [6.07, 6.45) is 2.01. The van der Waals surface area contributed by atoms with Crippen molar-refractivity contribution in [3.8, 4) is 5.75 Å². The molecule has 0 aliphatic rings. The Morgan fingerprint density at radius 1 is 1.10 bits per heavy atom. The first-order valence-electron chi connectivity index (χ1n) is 9.18. The van der Waals surface area contributed by atoms with E-state index in [4.69, 9.17) is 0 Å². The number of carboxylic acids is 1. The summed E-state index contributed by atoms with van der Waals surface area (Å²) in [4.78, 5) is 40.3. The third-order valence-corrected chi connectivity index (χ3v) is 4.54. The maximum absolute atomic E-state index is 12.4. The molecule has 0 aliphatic heterocycles. The number of nitrogens with zero attached hydrogens (tertiary/aromatic N) is 2. The smallest absolute Gasteiger partial charge is 0.326 e. The van der Waals surface area contributed by atoms with Crippen LogP contribution in [0.3, 0.4) is 0 Å². The zero-order valence-electron chi connectivity index (χ0n) is 15.6. The van der Waals surface area contributed by atoms with Crippen molar-refractivity contribution in [2.24, 2.45) is 0 Å². The van der Waals surface area contributed by atoms with E-state index in [1.807, 2.05) is 0 Å². The fourth-order valence-electron chi connectivity index (χ4n) is 3.01. The van der Waals surface area contributed by atoms with Gasteiger partial charge in [0.1, 0.15) is 11.8 Å². The number of carbonyl (C=O) groups is 2. The number of phenolic OH excluding ortho intramolecular Hbond substituents is 1. The minimum atomic E-state index is -1.14. The molecule has 3 N–H and O–H groups in total. The molecule has 150 valence electrons. The molecule has 0 saturated carbocycles. The molecule has 0 radical (unpaired) electrons. The average molecular weight is 395 g/mol. The summed E-state index contributed by atoms with van der Waals surface area (Å²) in [6.45, 7) is 0.305. The molecule has 1 amide bonds. The van der Waals surface area contributed by atoms with Gasteiger partial charge >= 0.3 is 5.97 Å². The first kappa shape index (κ1) is 20.1. The van der Waals surface area contributed by atoms with E-state index in [-0.39, 0.29) is 24.2 Å². The van der Waals surface area contributed by atoms with Crippen molar-refractivity contribution < 1.29 is 19.8 Å². The lowest BCUT2D eigenvalue weighted by Gasteiger charge is -2.15. The van der Waals surface area contributed by atoms with Gasteiger partial charge in [0.05, 0.1) is 17.2 Å². The molecule has 0 bridgehead atoms. The van der Waals surface area contributed by atoms with Crippen LogP contribution in [0.25, 0.3) is 10.9 Å². The third-order valence-electron chi connectivity index (χ3n) is 4.54. The number of hydrogen-bond acceptors (Lipinski definition) is 5. The lowest BCUT2D eigenvalue weighted by atomic mass is 10.1. The van der Waals surface area contributed by atoms with Crippen molar-refractivity contribution in [1.82, 2.24) is 14.9 Å². The van der Waals surface area contributed by atoms with Gasteiger partial charge in [-0.3, -0.25) is 14.2 Å². The van der Waals surface area contributed by atoms with Crippen molar-refractivity contribution in [3.63, 3.8) is 0 Å². The van der Waals surface area contributed by atoms with Gasteiger partial charge in [0.15, 0.2) is 0 Å². The highest BCUT2D eigenvalue weighted by atomic mass is 16.4. The predicted octanol–water partition coefficient (Wildman–Crippen LogP) is 1.69. The number of para-hydroxylation sites is 1. The molecule has 1 aromatic heterocycles. The summed E-state index contributed by atoms with van der Waals surface area (Å²) < 4.78 is 1.45. The molecule has 2 aromatic carbocycles. The van der Waals surface area contributed by atoms with Crippen molar-refractivity contribution in [2.45, 2.75) is 31.8 Å². The van der Waals surface area contributed by atoms with Crippen molar-refractivity contribution in [3.05, 3.63) is 70.8 Å². The SMILES string of the molecule is O=C(CCCn1cnc2ccccc2c1=O)N[C@H](Cc1ccc(O)cc1)C(=O)O. The number of carbonyl (C=O) groups excluding carboxylic acids is 1. The fourth-order valence-corrected chi connectivity index (χ4v) is 3.01. The molecule has 29 heavy (non-hydrogen) atoms. The second-order valence-electron chi connectivity index (χ2n) is 6.69. The minimum Gasteiger partial charge on any atom is -0.508 e. The molecular weight excluding hydrogens is 374 g/mol. The summed E-state index contributed by atoms with van der Waals surface area (Å²) >= 11 is 0. The number of aliphatic carboxylic acids is 1. The van der Waals surface area contributed by atoms with Gasteiger partial charge in [-0.15, -0.1) is 0 Å². The van der Waals surface area contributed by atoms with E-state index >= 15 is 0 Å². The largest absolute Gasteiger partial charge is 0.508 e. The van der Waals surface area contributed by atoms with Crippen LogP contribution in [0.5, 0.6) is 5.75 Å². The van der Waals surface area contributed by atoms with Gasteiger partial charge in [-0.1, -0.05) is 24.3 Å². The number of hydrogen-bond donors (Lipinski definition) is 3. The number of benzene rings is 2. The number of amides is 1. The molecule has 1 heterocycles. The lowest BCUT2D eigenvalue weighted by Crippen LogP contribution is -2.42. The Hall–Kier alpha value is -3.68. The number of aryl methyl sites for hydroxylation is 1. The maximum Gasteiger partial charge on any atom is 0.326 e. The number of nitrogens with one attached hydrogen (secondary N) is 1. The molecule has 8 heteroatoms. The zero-order chi connectivity index (χ0) is 20.8. The number of phenols is 1. The maximum atomic E-state index is 12.4. The molecular formula is C21H21N3O5. The van der Waals surface area contributed by atoms with Gasteiger partial charge in [-0.05, 0) is 36.2 Å². The lowest BCUT2D eigenvalue weighted by molar-refractivity contribution is -0.141. The van der Waals surface area contributed by atoms with Crippen LogP contribution < -0.4 is 10.9 Å². The molecule has 1 atom stereocenters. The van der Waals surface area contributed by atoms with E-state index in [0.29, 0.717) is 29.4 Å². The fraction of sp³-hybridized carbons (Fsp3) is 0.238. The van der Waals surface area contributed by atoms with Crippen LogP contribution in [-0.2, 0) is 22.6 Å². The van der Waals surface area contributed by atoms with Crippen molar-refractivity contribution >= 4 is 22.8 Å². The van der Waals surface area contributed by atoms with Crippen molar-refractivity contribution in [1.29, 1.82) is 0 Å². The summed E-state index contributed by atoms with van der Waals surface area (Å²) in [5.74, 6) is -1.46. The van der Waals surface area contributed by atoms with E-state index in [9.17, 15) is 24.6 Å². The normalized spacial score (nSPS) is 11.9. The second kappa shape index (κ2) is 9.01. The Bertz CT molecular complexity index is 1080. The van der Waals surface area contributed by atoms with Crippen LogP contribution >= 0.6 is 0 Å². The molecule has 0 saturated heterocycles. The molecule has 0 spiro atoms. The van der Waals surface area contributed by atoms with Gasteiger partial charge in [0, 0.05) is 19.4 Å². The Morgan fingerprint density at radius 3 is 2.55 bits per heavy atom. The number of aromatic nitrogens is 2. The van der Waals surface area contributed by atoms with Crippen LogP contribution in [0.15, 0.2) is 59.7 Å². The van der Waals surface area contributed by atoms with Crippen LogP contribution in [0, 0.1) is 0 Å². The summed E-state index contributed by atoms with van der Waals surface area (Å²) in [5, 5.41) is 21.7. The highest BCUT2D eigenvalue weighted by Crippen LogP contribution is 2.12. The van der Waals surface area contributed by atoms with Crippen LogP contribution in [-0.4, -0.2) is 37.7 Å². The van der Waals surface area contributed by atoms with Gasteiger partial charge in [0.25, 0.3) is 5.56 Å².